The van der Waals surface area contributed by atoms with Crippen molar-refractivity contribution in [1.82, 2.24) is 9.71 Å². The van der Waals surface area contributed by atoms with Gasteiger partial charge in [0, 0.05) is 31.4 Å². The van der Waals surface area contributed by atoms with Crippen molar-refractivity contribution in [3.8, 4) is 5.75 Å². The minimum atomic E-state index is -3.56. The lowest BCUT2D eigenvalue weighted by Crippen LogP contribution is -2.27. The molecule has 2 aromatic rings. The van der Waals surface area contributed by atoms with Crippen LogP contribution in [-0.4, -0.2) is 40.1 Å². The van der Waals surface area contributed by atoms with Crippen molar-refractivity contribution in [3.63, 3.8) is 0 Å². The maximum absolute atomic E-state index is 12.6. The minimum Gasteiger partial charge on any atom is -0.496 e. The highest BCUT2D eigenvalue weighted by Crippen LogP contribution is 2.26. The highest BCUT2D eigenvalue weighted by Gasteiger charge is 2.19. The van der Waals surface area contributed by atoms with Crippen molar-refractivity contribution in [3.05, 3.63) is 34.3 Å². The maximum Gasteiger partial charge on any atom is 0.240 e. The first-order chi connectivity index (χ1) is 12.4. The van der Waals surface area contributed by atoms with Crippen LogP contribution in [0, 0.1) is 13.8 Å². The monoisotopic (exact) mass is 395 g/mol. The standard InChI is InChI=1S/C18H25N3O3S2/c1-13-11-17(14(2)10-16(13)24-3)26(22,23)19-7-6-15-12-25-18(20-15)21-8-4-5-9-21/h10-12,19H,4-9H2,1-3H3. The van der Waals surface area contributed by atoms with Crippen molar-refractivity contribution in [2.75, 3.05) is 31.6 Å². The summed E-state index contributed by atoms with van der Waals surface area (Å²) >= 11 is 1.63. The number of aromatic nitrogens is 1. The molecule has 3 rings (SSSR count). The van der Waals surface area contributed by atoms with Crippen LogP contribution in [-0.2, 0) is 16.4 Å². The van der Waals surface area contributed by atoms with E-state index < -0.39 is 10.0 Å². The number of nitrogens with zero attached hydrogens (tertiary/aromatic N) is 2. The molecule has 1 aliphatic rings. The first-order valence-corrected chi connectivity index (χ1v) is 11.1. The van der Waals surface area contributed by atoms with Crippen LogP contribution in [0.1, 0.15) is 29.7 Å². The molecule has 1 N–H and O–H groups in total. The maximum atomic E-state index is 12.6. The van der Waals surface area contributed by atoms with Gasteiger partial charge in [-0.3, -0.25) is 0 Å². The van der Waals surface area contributed by atoms with Gasteiger partial charge in [-0.2, -0.15) is 0 Å². The van der Waals surface area contributed by atoms with E-state index in [1.165, 1.54) is 12.8 Å². The number of nitrogens with one attached hydrogen (secondary N) is 1. The molecule has 1 aromatic carbocycles. The molecular formula is C18H25N3O3S2. The van der Waals surface area contributed by atoms with E-state index in [-0.39, 0.29) is 0 Å². The molecule has 0 spiro atoms. The first kappa shape index (κ1) is 19.1. The number of aryl methyl sites for hydroxylation is 2. The molecule has 2 heterocycles. The Morgan fingerprint density at radius 2 is 1.96 bits per heavy atom. The van der Waals surface area contributed by atoms with E-state index in [0.717, 1.165) is 29.5 Å². The van der Waals surface area contributed by atoms with Crippen LogP contribution < -0.4 is 14.4 Å². The fraction of sp³-hybridized carbons (Fsp3) is 0.500. The molecular weight excluding hydrogens is 370 g/mol. The quantitative estimate of drug-likeness (QED) is 0.780. The van der Waals surface area contributed by atoms with Crippen molar-refractivity contribution in [1.29, 1.82) is 0 Å². The molecule has 142 valence electrons. The van der Waals surface area contributed by atoms with Crippen molar-refractivity contribution >= 4 is 26.5 Å². The first-order valence-electron chi connectivity index (χ1n) is 8.75. The molecule has 0 atom stereocenters. The van der Waals surface area contributed by atoms with Crippen molar-refractivity contribution < 1.29 is 13.2 Å². The molecule has 26 heavy (non-hydrogen) atoms. The molecule has 0 aliphatic carbocycles. The summed E-state index contributed by atoms with van der Waals surface area (Å²) in [6.07, 6.45) is 3.02. The second-order valence-corrected chi connectivity index (χ2v) is 9.12. The number of benzene rings is 1. The van der Waals surface area contributed by atoms with Crippen LogP contribution in [0.5, 0.6) is 5.75 Å². The number of hydrogen-bond donors (Lipinski definition) is 1. The summed E-state index contributed by atoms with van der Waals surface area (Å²) in [7, 11) is -1.98. The zero-order valence-electron chi connectivity index (χ0n) is 15.4. The Hall–Kier alpha value is -1.64. The predicted octanol–water partition coefficient (Wildman–Crippen LogP) is 2.89. The van der Waals surface area contributed by atoms with Gasteiger partial charge in [-0.15, -0.1) is 11.3 Å². The van der Waals surface area contributed by atoms with Crippen molar-refractivity contribution in [2.24, 2.45) is 0 Å². The lowest BCUT2D eigenvalue weighted by molar-refractivity contribution is 0.411. The molecule has 6 nitrogen and oxygen atoms in total. The van der Waals surface area contributed by atoms with Gasteiger partial charge in [-0.1, -0.05) is 0 Å². The van der Waals surface area contributed by atoms with Gasteiger partial charge in [0.15, 0.2) is 5.13 Å². The van der Waals surface area contributed by atoms with E-state index in [9.17, 15) is 8.42 Å². The molecule has 0 amide bonds. The van der Waals surface area contributed by atoms with E-state index in [2.05, 4.69) is 14.6 Å². The average Bonchev–Trinajstić information content (AvgIpc) is 3.27. The summed E-state index contributed by atoms with van der Waals surface area (Å²) in [6.45, 7) is 6.08. The van der Waals surface area contributed by atoms with E-state index in [0.29, 0.717) is 29.2 Å². The molecule has 1 aliphatic heterocycles. The number of anilines is 1. The van der Waals surface area contributed by atoms with Crippen molar-refractivity contribution in [2.45, 2.75) is 38.0 Å². The molecule has 1 saturated heterocycles. The molecule has 0 unspecified atom stereocenters. The van der Waals surface area contributed by atoms with Gasteiger partial charge >= 0.3 is 0 Å². The number of hydrogen-bond acceptors (Lipinski definition) is 6. The van der Waals surface area contributed by atoms with Gasteiger partial charge in [0.25, 0.3) is 0 Å². The lowest BCUT2D eigenvalue weighted by Gasteiger charge is -2.13. The topological polar surface area (TPSA) is 71.5 Å². The molecule has 0 bridgehead atoms. The third kappa shape index (κ3) is 4.19. The minimum absolute atomic E-state index is 0.298. The number of ether oxygens (including phenoxy) is 1. The van der Waals surface area contributed by atoms with Crippen LogP contribution in [0.2, 0.25) is 0 Å². The van der Waals surface area contributed by atoms with E-state index in [4.69, 9.17) is 4.74 Å². The smallest absolute Gasteiger partial charge is 0.240 e. The fourth-order valence-corrected chi connectivity index (χ4v) is 5.38. The lowest BCUT2D eigenvalue weighted by atomic mass is 10.1. The highest BCUT2D eigenvalue weighted by atomic mass is 32.2. The summed E-state index contributed by atoms with van der Waals surface area (Å²) in [5.41, 5.74) is 2.40. The van der Waals surface area contributed by atoms with Gasteiger partial charge < -0.3 is 9.64 Å². The second kappa shape index (κ2) is 7.94. The summed E-state index contributed by atoms with van der Waals surface area (Å²) in [5.74, 6) is 0.693. The van der Waals surface area contributed by atoms with Gasteiger partial charge in [0.05, 0.1) is 17.7 Å². The SMILES string of the molecule is COc1cc(C)c(S(=O)(=O)NCCc2csc(N3CCCC3)n2)cc1C. The van der Waals surface area contributed by atoms with Gasteiger partial charge in [-0.05, 0) is 49.9 Å². The van der Waals surface area contributed by atoms with Crippen LogP contribution in [0.25, 0.3) is 0 Å². The molecule has 8 heteroatoms. The van der Waals surface area contributed by atoms with E-state index in [1.54, 1.807) is 37.5 Å². The Labute approximate surface area is 159 Å². The zero-order chi connectivity index (χ0) is 18.7. The highest BCUT2D eigenvalue weighted by molar-refractivity contribution is 7.89. The fourth-order valence-electron chi connectivity index (χ4n) is 3.13. The molecule has 0 saturated carbocycles. The van der Waals surface area contributed by atoms with Crippen LogP contribution in [0.3, 0.4) is 0 Å². The zero-order valence-corrected chi connectivity index (χ0v) is 17.0. The van der Waals surface area contributed by atoms with E-state index >= 15 is 0 Å². The van der Waals surface area contributed by atoms with Gasteiger partial charge in [-0.25, -0.2) is 18.1 Å². The van der Waals surface area contributed by atoms with Crippen LogP contribution in [0.15, 0.2) is 22.4 Å². The summed E-state index contributed by atoms with van der Waals surface area (Å²) in [6, 6.07) is 3.41. The Balaban J connectivity index is 1.63. The van der Waals surface area contributed by atoms with E-state index in [1.807, 2.05) is 12.3 Å². The van der Waals surface area contributed by atoms with Crippen LogP contribution in [0.4, 0.5) is 5.13 Å². The second-order valence-electron chi connectivity index (χ2n) is 6.55. The third-order valence-corrected chi connectivity index (χ3v) is 7.12. The Morgan fingerprint density at radius 3 is 2.65 bits per heavy atom. The largest absolute Gasteiger partial charge is 0.496 e. The Morgan fingerprint density at radius 1 is 1.23 bits per heavy atom. The number of methoxy groups -OCH3 is 1. The van der Waals surface area contributed by atoms with Gasteiger partial charge in [0.2, 0.25) is 10.0 Å². The number of rotatable bonds is 7. The normalized spacial score (nSPS) is 14.8. The summed E-state index contributed by atoms with van der Waals surface area (Å²) in [4.78, 5) is 7.22. The molecule has 1 fully saturated rings. The molecule has 0 radical (unpaired) electrons. The number of sulfonamides is 1. The van der Waals surface area contributed by atoms with Crippen LogP contribution >= 0.6 is 11.3 Å². The summed E-state index contributed by atoms with van der Waals surface area (Å²) in [5, 5.41) is 3.06. The Bertz CT molecular complexity index is 872. The Kier molecular flexibility index (Phi) is 5.84. The average molecular weight is 396 g/mol. The number of thiazole rings is 1. The third-order valence-electron chi connectivity index (χ3n) is 4.57. The van der Waals surface area contributed by atoms with Gasteiger partial charge in [0.1, 0.15) is 5.75 Å². The molecule has 1 aromatic heterocycles. The summed E-state index contributed by atoms with van der Waals surface area (Å²) < 4.78 is 33.2. The predicted molar refractivity (Wildman–Crippen MR) is 105 cm³/mol.